The van der Waals surface area contributed by atoms with E-state index in [1.807, 2.05) is 6.92 Å². The number of halogens is 3. The lowest BCUT2D eigenvalue weighted by molar-refractivity contribution is -0.165. The molecule has 0 bridgehead atoms. The van der Waals surface area contributed by atoms with Crippen LogP contribution in [0, 0.1) is 0 Å². The van der Waals surface area contributed by atoms with Crippen molar-refractivity contribution in [1.82, 2.24) is 10.9 Å². The van der Waals surface area contributed by atoms with Crippen molar-refractivity contribution in [3.8, 4) is 0 Å². The lowest BCUT2D eigenvalue weighted by Crippen LogP contribution is -2.34. The molecule has 2 N–H and O–H groups in total. The predicted molar refractivity (Wildman–Crippen MR) is 49.8 cm³/mol. The Morgan fingerprint density at radius 3 is 2.00 bits per heavy atom. The molecule has 0 radical (unpaired) electrons. The molecule has 1 aromatic carbocycles. The van der Waals surface area contributed by atoms with Crippen molar-refractivity contribution in [2.24, 2.45) is 0 Å². The summed E-state index contributed by atoms with van der Waals surface area (Å²) in [6, 6.07) is 6.42. The summed E-state index contributed by atoms with van der Waals surface area (Å²) in [6.45, 7) is 1.96. The molecule has 15 heavy (non-hydrogen) atoms. The van der Waals surface area contributed by atoms with Gasteiger partial charge in [0.1, 0.15) is 0 Å². The van der Waals surface area contributed by atoms with Gasteiger partial charge in [-0.15, -0.1) is 0 Å². The maximum atomic E-state index is 12.6. The van der Waals surface area contributed by atoms with Gasteiger partial charge in [-0.25, -0.2) is 10.9 Å². The normalized spacial score (nSPS) is 18.9. The molecule has 0 aromatic heterocycles. The van der Waals surface area contributed by atoms with Crippen LogP contribution >= 0.6 is 0 Å². The molecule has 0 saturated carbocycles. The number of hydrogen-bond donors (Lipinski definition) is 2. The predicted octanol–water partition coefficient (Wildman–Crippen LogP) is 2.07. The second kappa shape index (κ2) is 3.21. The fourth-order valence-electron chi connectivity index (χ4n) is 1.50. The van der Waals surface area contributed by atoms with Crippen molar-refractivity contribution in [3.63, 3.8) is 0 Å². The summed E-state index contributed by atoms with van der Waals surface area (Å²) in [7, 11) is 0. The van der Waals surface area contributed by atoms with Gasteiger partial charge in [-0.1, -0.05) is 31.2 Å². The van der Waals surface area contributed by atoms with Crippen LogP contribution in [0.4, 0.5) is 13.2 Å². The van der Waals surface area contributed by atoms with Gasteiger partial charge in [0.15, 0.2) is 0 Å². The highest BCUT2D eigenvalue weighted by Gasteiger charge is 2.65. The lowest BCUT2D eigenvalue weighted by atomic mass is 10.0. The number of aryl methyl sites for hydroxylation is 1. The fraction of sp³-hybridized carbons (Fsp3) is 0.400. The van der Waals surface area contributed by atoms with Gasteiger partial charge in [0.25, 0.3) is 0 Å². The topological polar surface area (TPSA) is 43.9 Å². The maximum absolute atomic E-state index is 12.6. The first kappa shape index (κ1) is 10.4. The SMILES string of the molecule is CCc1ccc(C2(C(F)(F)F)NN2)cc1. The molecule has 82 valence electrons. The van der Waals surface area contributed by atoms with Gasteiger partial charge < -0.3 is 0 Å². The highest BCUT2D eigenvalue weighted by Crippen LogP contribution is 2.41. The van der Waals surface area contributed by atoms with Crippen LogP contribution in [0.3, 0.4) is 0 Å². The van der Waals surface area contributed by atoms with Crippen LogP contribution in [-0.4, -0.2) is 6.18 Å². The van der Waals surface area contributed by atoms with E-state index in [0.29, 0.717) is 0 Å². The molecular weight excluding hydrogens is 205 g/mol. The Labute approximate surface area is 85.5 Å². The molecule has 2 rings (SSSR count). The van der Waals surface area contributed by atoms with Gasteiger partial charge >= 0.3 is 6.18 Å². The molecule has 0 spiro atoms. The molecule has 5 heteroatoms. The average Bonchev–Trinajstić information content (AvgIpc) is 2.98. The van der Waals surface area contributed by atoms with Crippen molar-refractivity contribution in [2.75, 3.05) is 0 Å². The second-order valence-electron chi connectivity index (χ2n) is 3.55. The largest absolute Gasteiger partial charge is 0.426 e. The smallest absolute Gasteiger partial charge is 0.223 e. The maximum Gasteiger partial charge on any atom is 0.426 e. The van der Waals surface area contributed by atoms with Crippen molar-refractivity contribution in [1.29, 1.82) is 0 Å². The molecule has 0 unspecified atom stereocenters. The fourth-order valence-corrected chi connectivity index (χ4v) is 1.50. The van der Waals surface area contributed by atoms with Crippen LogP contribution in [0.5, 0.6) is 0 Å². The number of hydrazine groups is 1. The third kappa shape index (κ3) is 1.61. The van der Waals surface area contributed by atoms with E-state index in [9.17, 15) is 13.2 Å². The third-order valence-electron chi connectivity index (χ3n) is 2.60. The van der Waals surface area contributed by atoms with E-state index in [2.05, 4.69) is 10.9 Å². The zero-order chi connectivity index (χ0) is 11.1. The van der Waals surface area contributed by atoms with Crippen molar-refractivity contribution in [2.45, 2.75) is 25.2 Å². The summed E-state index contributed by atoms with van der Waals surface area (Å²) >= 11 is 0. The van der Waals surface area contributed by atoms with E-state index in [4.69, 9.17) is 0 Å². The average molecular weight is 216 g/mol. The van der Waals surface area contributed by atoms with Gasteiger partial charge in [0.05, 0.1) is 0 Å². The van der Waals surface area contributed by atoms with Crippen LogP contribution in [0.25, 0.3) is 0 Å². The minimum absolute atomic E-state index is 0.201. The Bertz CT molecular complexity index is 352. The van der Waals surface area contributed by atoms with Gasteiger partial charge in [0.2, 0.25) is 5.66 Å². The molecule has 1 aliphatic rings. The number of hydrogen-bond acceptors (Lipinski definition) is 2. The molecule has 1 saturated heterocycles. The minimum Gasteiger partial charge on any atom is -0.223 e. The van der Waals surface area contributed by atoms with Crippen LogP contribution in [0.1, 0.15) is 18.1 Å². The van der Waals surface area contributed by atoms with E-state index in [0.717, 1.165) is 12.0 Å². The molecular formula is C10H11F3N2. The summed E-state index contributed by atoms with van der Waals surface area (Å²) in [6.07, 6.45) is -3.50. The molecule has 1 aromatic rings. The molecule has 0 aliphatic carbocycles. The molecule has 1 fully saturated rings. The van der Waals surface area contributed by atoms with Gasteiger partial charge in [-0.3, -0.25) is 0 Å². The van der Waals surface area contributed by atoms with Crippen LogP contribution in [-0.2, 0) is 12.1 Å². The molecule has 0 atom stereocenters. The number of rotatable bonds is 2. The Morgan fingerprint density at radius 1 is 1.13 bits per heavy atom. The van der Waals surface area contributed by atoms with E-state index < -0.39 is 11.8 Å². The Balaban J connectivity index is 2.30. The Morgan fingerprint density at radius 2 is 1.67 bits per heavy atom. The Hall–Kier alpha value is -1.07. The first-order valence-corrected chi connectivity index (χ1v) is 4.70. The van der Waals surface area contributed by atoms with Crippen LogP contribution in [0.15, 0.2) is 24.3 Å². The quantitative estimate of drug-likeness (QED) is 0.743. The van der Waals surface area contributed by atoms with E-state index in [-0.39, 0.29) is 5.56 Å². The zero-order valence-electron chi connectivity index (χ0n) is 8.15. The van der Waals surface area contributed by atoms with E-state index in [1.165, 1.54) is 12.1 Å². The van der Waals surface area contributed by atoms with Crippen molar-refractivity contribution >= 4 is 0 Å². The highest BCUT2D eigenvalue weighted by molar-refractivity contribution is 5.32. The highest BCUT2D eigenvalue weighted by atomic mass is 19.4. The summed E-state index contributed by atoms with van der Waals surface area (Å²) in [5.41, 5.74) is 3.53. The van der Waals surface area contributed by atoms with Crippen molar-refractivity contribution < 1.29 is 13.2 Å². The lowest BCUT2D eigenvalue weighted by Gasteiger charge is -2.16. The number of nitrogens with one attached hydrogen (secondary N) is 2. The van der Waals surface area contributed by atoms with Gasteiger partial charge in [-0.2, -0.15) is 13.2 Å². The monoisotopic (exact) mass is 216 g/mol. The molecule has 1 aliphatic heterocycles. The standard InChI is InChI=1S/C10H11F3N2/c1-2-7-3-5-8(6-4-7)9(14-15-9)10(11,12)13/h3-6,14-15H,2H2,1H3. The first-order chi connectivity index (χ1) is 6.99. The van der Waals surface area contributed by atoms with Crippen LogP contribution in [0.2, 0.25) is 0 Å². The van der Waals surface area contributed by atoms with Gasteiger partial charge in [-0.05, 0) is 17.5 Å². The minimum atomic E-state index is -4.32. The first-order valence-electron chi connectivity index (χ1n) is 4.70. The van der Waals surface area contributed by atoms with E-state index in [1.54, 1.807) is 12.1 Å². The second-order valence-corrected chi connectivity index (χ2v) is 3.55. The number of benzene rings is 1. The summed E-state index contributed by atoms with van der Waals surface area (Å²) in [5.74, 6) is 0. The molecule has 1 heterocycles. The zero-order valence-corrected chi connectivity index (χ0v) is 8.15. The third-order valence-corrected chi connectivity index (χ3v) is 2.60. The van der Waals surface area contributed by atoms with Crippen molar-refractivity contribution in [3.05, 3.63) is 35.4 Å². The summed E-state index contributed by atoms with van der Waals surface area (Å²) < 4.78 is 37.9. The Kier molecular flexibility index (Phi) is 2.24. The van der Waals surface area contributed by atoms with Gasteiger partial charge in [0, 0.05) is 0 Å². The number of alkyl halides is 3. The summed E-state index contributed by atoms with van der Waals surface area (Å²) in [5, 5.41) is 0. The summed E-state index contributed by atoms with van der Waals surface area (Å²) in [4.78, 5) is 0. The van der Waals surface area contributed by atoms with E-state index >= 15 is 0 Å². The molecule has 2 nitrogen and oxygen atoms in total. The van der Waals surface area contributed by atoms with Crippen LogP contribution < -0.4 is 10.9 Å². The molecule has 0 amide bonds.